The number of aliphatic hydroxyl groups is 2. The molecule has 0 amide bonds. The van der Waals surface area contributed by atoms with E-state index in [4.69, 9.17) is 19.2 Å². The number of carbonyl (C=O) groups is 1. The molecule has 0 aromatic heterocycles. The number of aryl methyl sites for hydroxylation is 1. The van der Waals surface area contributed by atoms with Gasteiger partial charge in [-0.3, -0.25) is 0 Å². The Labute approximate surface area is 310 Å². The molecule has 7 nitrogen and oxygen atoms in total. The number of methoxy groups -OCH3 is 1. The maximum Gasteiger partial charge on any atom is 0.453 e. The zero-order chi connectivity index (χ0) is 36.2. The Morgan fingerprint density at radius 1 is 1.10 bits per heavy atom. The van der Waals surface area contributed by atoms with E-state index in [0.29, 0.717) is 12.2 Å². The summed E-state index contributed by atoms with van der Waals surface area (Å²) in [5.41, 5.74) is 5.28. The summed E-state index contributed by atoms with van der Waals surface area (Å²) in [5.74, 6) is -0.652. The standard InChI is InChI=1S/C19H26O2.C9H17F5OS.C3H9NO.C3H6O2.Y/c1-19-10-9-15-14-6-4-13(21-2)11-12(14)3-5-16(15)17(19)7-8-18(19)20;1-4-16(2,3)15-7-5-6-8(10,11)9(12,13)14;1-3(2)4-5;1-3(5)2-4;/h4,6,11,15-18,20H,3,5,7-10H2,1-2H3;4-7H2,1-3H3;3-5H,1-2H3;2-3,5H,1H3;. The molecule has 2 fully saturated rings. The number of hydrogen-bond donors (Lipinski definition) is 4. The Bertz CT molecular complexity index is 1080. The maximum absolute atomic E-state index is 12.5. The second-order valence-corrected chi connectivity index (χ2v) is 17.3. The molecule has 1 radical (unpaired) electrons. The van der Waals surface area contributed by atoms with Gasteiger partial charge >= 0.3 is 12.1 Å². The van der Waals surface area contributed by atoms with Gasteiger partial charge in [0.2, 0.25) is 0 Å². The van der Waals surface area contributed by atoms with Crippen LogP contribution < -0.4 is 10.2 Å². The third kappa shape index (κ3) is 14.3. The SMILES string of the molecule is CC(C)NO.CC(O)C=O.CCS(C)(C)OCCCC(F)(F)C(F)(F)F.COc1ccc2c(c1)CCC1C2CCC2(C)C(O)CCC12.[Y]. The third-order valence-electron chi connectivity index (χ3n) is 9.49. The number of benzene rings is 1. The van der Waals surface area contributed by atoms with Crippen LogP contribution in [-0.4, -0.2) is 84.0 Å². The molecule has 4 N–H and O–H groups in total. The molecule has 0 aliphatic heterocycles. The predicted octanol–water partition coefficient (Wildman–Crippen LogP) is 7.83. The third-order valence-corrected chi connectivity index (χ3v) is 11.7. The quantitative estimate of drug-likeness (QED) is 0.0875. The molecule has 0 heterocycles. The number of hydroxylamine groups is 1. The molecule has 6 unspecified atom stereocenters. The summed E-state index contributed by atoms with van der Waals surface area (Å²) < 4.78 is 70.9. The molecular weight excluding hydrogens is 734 g/mol. The first-order chi connectivity index (χ1) is 21.7. The normalized spacial score (nSPS) is 25.5. The topological polar surface area (TPSA) is 108 Å². The number of aliphatic hydroxyl groups excluding tert-OH is 2. The van der Waals surface area contributed by atoms with Crippen molar-refractivity contribution in [3.8, 4) is 5.75 Å². The fourth-order valence-corrected chi connectivity index (χ4v) is 7.20. The smallest absolute Gasteiger partial charge is 0.453 e. The van der Waals surface area contributed by atoms with Gasteiger partial charge in [-0.15, -0.1) is 10.3 Å². The van der Waals surface area contributed by atoms with Crippen molar-refractivity contribution in [3.63, 3.8) is 0 Å². The number of aldehydes is 1. The zero-order valence-electron chi connectivity index (χ0n) is 29.8. The number of ether oxygens (including phenoxy) is 1. The van der Waals surface area contributed by atoms with Gasteiger partial charge < -0.3 is 29.1 Å². The minimum Gasteiger partial charge on any atom is -0.497 e. The van der Waals surface area contributed by atoms with Crippen molar-refractivity contribution in [1.29, 1.82) is 0 Å². The minimum absolute atomic E-state index is 0. The Morgan fingerprint density at radius 3 is 2.17 bits per heavy atom. The van der Waals surface area contributed by atoms with Gasteiger partial charge in [-0.1, -0.05) is 19.9 Å². The van der Waals surface area contributed by atoms with Gasteiger partial charge in [0.1, 0.15) is 18.1 Å². The molecule has 0 saturated heterocycles. The van der Waals surface area contributed by atoms with E-state index < -0.39 is 34.9 Å². The van der Waals surface area contributed by atoms with Gasteiger partial charge in [-0.2, -0.15) is 22.0 Å². The zero-order valence-corrected chi connectivity index (χ0v) is 33.4. The molecule has 14 heteroatoms. The number of fused-ring (bicyclic) bond motifs is 5. The molecule has 0 bridgehead atoms. The predicted molar refractivity (Wildman–Crippen MR) is 178 cm³/mol. The van der Waals surface area contributed by atoms with Gasteiger partial charge in [0.15, 0.2) is 0 Å². The number of rotatable bonds is 9. The van der Waals surface area contributed by atoms with E-state index in [0.717, 1.165) is 29.8 Å². The van der Waals surface area contributed by atoms with Crippen LogP contribution in [0.15, 0.2) is 18.2 Å². The van der Waals surface area contributed by atoms with E-state index in [1.165, 1.54) is 44.6 Å². The van der Waals surface area contributed by atoms with Crippen molar-refractivity contribution in [1.82, 2.24) is 5.48 Å². The van der Waals surface area contributed by atoms with Crippen molar-refractivity contribution < 1.29 is 83.8 Å². The van der Waals surface area contributed by atoms with Crippen LogP contribution in [0.25, 0.3) is 0 Å². The number of nitrogens with one attached hydrogen (secondary N) is 1. The van der Waals surface area contributed by atoms with Crippen LogP contribution in [0.3, 0.4) is 0 Å². The number of carbonyl (C=O) groups excluding carboxylic acids is 1. The van der Waals surface area contributed by atoms with Crippen LogP contribution in [0, 0.1) is 17.3 Å². The molecule has 48 heavy (non-hydrogen) atoms. The molecule has 1 aromatic rings. The van der Waals surface area contributed by atoms with Gasteiger partial charge in [0.25, 0.3) is 0 Å². The maximum atomic E-state index is 12.5. The summed E-state index contributed by atoms with van der Waals surface area (Å²) in [6.45, 7) is 9.31. The average molecular weight is 793 g/mol. The monoisotopic (exact) mass is 792 g/mol. The molecular formula is C34H58F5NO6SY. The summed E-state index contributed by atoms with van der Waals surface area (Å²) in [7, 11) is 0.450. The van der Waals surface area contributed by atoms with E-state index in [9.17, 15) is 31.9 Å². The molecule has 279 valence electrons. The van der Waals surface area contributed by atoms with Gasteiger partial charge in [-0.25, -0.2) is 5.48 Å². The van der Waals surface area contributed by atoms with Crippen molar-refractivity contribution in [2.45, 2.75) is 122 Å². The van der Waals surface area contributed by atoms with E-state index in [1.54, 1.807) is 12.7 Å². The molecule has 3 aliphatic carbocycles. The fourth-order valence-electron chi connectivity index (χ4n) is 6.46. The summed E-state index contributed by atoms with van der Waals surface area (Å²) in [5, 5.41) is 26.3. The van der Waals surface area contributed by atoms with Crippen LogP contribution in [0.1, 0.15) is 96.6 Å². The fraction of sp³-hybridized carbons (Fsp3) is 0.794. The second kappa shape index (κ2) is 21.2. The van der Waals surface area contributed by atoms with Crippen LogP contribution in [0.4, 0.5) is 22.0 Å². The Kier molecular flexibility index (Phi) is 21.0. The first-order valence-corrected chi connectivity index (χ1v) is 18.9. The number of alkyl halides is 5. The van der Waals surface area contributed by atoms with Crippen LogP contribution in [-0.2, 0) is 48.1 Å². The Morgan fingerprint density at radius 2 is 1.69 bits per heavy atom. The molecule has 4 rings (SSSR count). The molecule has 0 spiro atoms. The second-order valence-electron chi connectivity index (χ2n) is 13.6. The summed E-state index contributed by atoms with van der Waals surface area (Å²) in [6.07, 6.45) is 3.47. The van der Waals surface area contributed by atoms with Gasteiger partial charge in [-0.05, 0) is 130 Å². The Hall–Kier alpha value is -0.406. The van der Waals surface area contributed by atoms with Crippen molar-refractivity contribution >= 4 is 16.6 Å². The summed E-state index contributed by atoms with van der Waals surface area (Å²) in [6, 6.07) is 6.86. The van der Waals surface area contributed by atoms with Gasteiger partial charge in [0, 0.05) is 45.2 Å². The van der Waals surface area contributed by atoms with Crippen molar-refractivity contribution in [3.05, 3.63) is 29.3 Å². The van der Waals surface area contributed by atoms with Crippen LogP contribution in [0.5, 0.6) is 5.75 Å². The van der Waals surface area contributed by atoms with E-state index in [1.807, 2.05) is 38.8 Å². The first-order valence-electron chi connectivity index (χ1n) is 16.4. The molecule has 1 aromatic carbocycles. The molecule has 3 aliphatic rings. The first kappa shape index (κ1) is 47.6. The van der Waals surface area contributed by atoms with Crippen molar-refractivity contribution in [2.75, 3.05) is 32.0 Å². The minimum atomic E-state index is -5.46. The van der Waals surface area contributed by atoms with E-state index in [2.05, 4.69) is 25.1 Å². The largest absolute Gasteiger partial charge is 0.497 e. The van der Waals surface area contributed by atoms with Crippen molar-refractivity contribution in [2.24, 2.45) is 17.3 Å². The Balaban J connectivity index is 0.000000726. The van der Waals surface area contributed by atoms with E-state index in [-0.39, 0.29) is 63.3 Å². The molecule has 6 atom stereocenters. The number of hydrogen-bond acceptors (Lipinski definition) is 7. The van der Waals surface area contributed by atoms with Crippen LogP contribution >= 0.6 is 10.3 Å². The van der Waals surface area contributed by atoms with Crippen LogP contribution in [0.2, 0.25) is 0 Å². The van der Waals surface area contributed by atoms with E-state index >= 15 is 0 Å². The number of halogens is 5. The average Bonchev–Trinajstić information content (AvgIpc) is 3.33. The van der Waals surface area contributed by atoms with Gasteiger partial charge in [0.05, 0.1) is 19.8 Å². The summed E-state index contributed by atoms with van der Waals surface area (Å²) in [4.78, 5) is 9.25. The summed E-state index contributed by atoms with van der Waals surface area (Å²) >= 11 is 0. The molecule has 2 saturated carbocycles.